The molecule has 0 N–H and O–H groups in total. The second-order valence-electron chi connectivity index (χ2n) is 5.78. The molecule has 21 heavy (non-hydrogen) atoms. The van der Waals surface area contributed by atoms with Gasteiger partial charge in [-0.05, 0) is 20.8 Å². The Morgan fingerprint density at radius 1 is 1.33 bits per heavy atom. The first-order chi connectivity index (χ1) is 9.41. The van der Waals surface area contributed by atoms with Crippen LogP contribution in [0.1, 0.15) is 20.8 Å². The van der Waals surface area contributed by atoms with Crippen LogP contribution in [0, 0.1) is 0 Å². The van der Waals surface area contributed by atoms with Crippen LogP contribution in [0.5, 0.6) is 0 Å². The van der Waals surface area contributed by atoms with E-state index in [0.717, 1.165) is 7.05 Å². The summed E-state index contributed by atoms with van der Waals surface area (Å²) in [5.41, 5.74) is -0.726. The number of nitrogens with zero attached hydrogens (tertiary/aromatic N) is 2. The summed E-state index contributed by atoms with van der Waals surface area (Å²) in [5, 5.41) is 0. The molecule has 0 unspecified atom stereocenters. The molecule has 122 valence electrons. The standard InChI is InChI=1S/C12H19F3N2O3S/c1-11(2,3)20-10(19)17-7-21-5-8(17)9(18)16(4)6-12(13,14)15/h8H,5-7H2,1-4H3/t8-/m1/s1. The van der Waals surface area contributed by atoms with Crippen molar-refractivity contribution in [3.8, 4) is 0 Å². The van der Waals surface area contributed by atoms with E-state index in [0.29, 0.717) is 4.90 Å². The highest BCUT2D eigenvalue weighted by Crippen LogP contribution is 2.25. The molecule has 9 heteroatoms. The van der Waals surface area contributed by atoms with Gasteiger partial charge in [-0.25, -0.2) is 4.79 Å². The molecule has 1 fully saturated rings. The van der Waals surface area contributed by atoms with Crippen molar-refractivity contribution in [2.75, 3.05) is 25.2 Å². The molecule has 0 aromatic carbocycles. The number of rotatable bonds is 2. The maximum Gasteiger partial charge on any atom is 0.411 e. The minimum absolute atomic E-state index is 0.227. The van der Waals surface area contributed by atoms with Gasteiger partial charge in [0.05, 0.1) is 5.88 Å². The number of hydrogen-bond donors (Lipinski definition) is 0. The number of likely N-dealkylation sites (N-methyl/N-ethyl adjacent to an activating group) is 1. The summed E-state index contributed by atoms with van der Waals surface area (Å²) in [6, 6.07) is -0.919. The van der Waals surface area contributed by atoms with Crippen LogP contribution in [0.15, 0.2) is 0 Å². The van der Waals surface area contributed by atoms with Gasteiger partial charge in [0.1, 0.15) is 18.2 Å². The minimum atomic E-state index is -4.47. The predicted octanol–water partition coefficient (Wildman–Crippen LogP) is 2.32. The topological polar surface area (TPSA) is 49.9 Å². The number of hydrogen-bond acceptors (Lipinski definition) is 4. The molecule has 0 spiro atoms. The SMILES string of the molecule is CN(CC(F)(F)F)C(=O)[C@H]1CSCN1C(=O)OC(C)(C)C. The molecule has 1 heterocycles. The molecule has 1 saturated heterocycles. The molecule has 1 atom stereocenters. The van der Waals surface area contributed by atoms with E-state index in [4.69, 9.17) is 4.74 Å². The van der Waals surface area contributed by atoms with Gasteiger partial charge in [0, 0.05) is 12.8 Å². The Morgan fingerprint density at radius 3 is 2.38 bits per heavy atom. The first kappa shape index (κ1) is 17.9. The van der Waals surface area contributed by atoms with Gasteiger partial charge in [-0.2, -0.15) is 13.2 Å². The lowest BCUT2D eigenvalue weighted by atomic mass is 10.2. The fraction of sp³-hybridized carbons (Fsp3) is 0.833. The summed E-state index contributed by atoms with van der Waals surface area (Å²) in [5.74, 6) is -0.242. The fourth-order valence-electron chi connectivity index (χ4n) is 1.75. The number of halogens is 3. The maximum atomic E-state index is 12.3. The van der Waals surface area contributed by atoms with E-state index < -0.39 is 36.4 Å². The zero-order chi connectivity index (χ0) is 16.4. The van der Waals surface area contributed by atoms with E-state index >= 15 is 0 Å². The van der Waals surface area contributed by atoms with Crippen LogP contribution in [0.25, 0.3) is 0 Å². The maximum absolute atomic E-state index is 12.3. The first-order valence-corrected chi connectivity index (χ1v) is 7.45. The Balaban J connectivity index is 2.72. The lowest BCUT2D eigenvalue weighted by molar-refractivity contribution is -0.160. The molecule has 1 aliphatic heterocycles. The van der Waals surface area contributed by atoms with Crippen molar-refractivity contribution in [3.63, 3.8) is 0 Å². The zero-order valence-corrected chi connectivity index (χ0v) is 13.2. The Morgan fingerprint density at radius 2 is 1.90 bits per heavy atom. The van der Waals surface area contributed by atoms with E-state index in [1.807, 2.05) is 0 Å². The van der Waals surface area contributed by atoms with E-state index in [1.54, 1.807) is 20.8 Å². The summed E-state index contributed by atoms with van der Waals surface area (Å²) >= 11 is 1.30. The molecule has 1 aliphatic rings. The van der Waals surface area contributed by atoms with Crippen molar-refractivity contribution in [1.29, 1.82) is 0 Å². The van der Waals surface area contributed by atoms with Crippen LogP contribution in [0.2, 0.25) is 0 Å². The third kappa shape index (κ3) is 5.64. The average molecular weight is 328 g/mol. The van der Waals surface area contributed by atoms with Gasteiger partial charge in [-0.15, -0.1) is 11.8 Å². The number of carbonyl (C=O) groups is 2. The summed E-state index contributed by atoms with van der Waals surface area (Å²) in [6.45, 7) is 3.71. The van der Waals surface area contributed by atoms with Gasteiger partial charge in [-0.1, -0.05) is 0 Å². The van der Waals surface area contributed by atoms with Crippen molar-refractivity contribution in [1.82, 2.24) is 9.80 Å². The van der Waals surface area contributed by atoms with Gasteiger partial charge >= 0.3 is 12.3 Å². The summed E-state index contributed by atoms with van der Waals surface area (Å²) in [4.78, 5) is 25.8. The van der Waals surface area contributed by atoms with Crippen molar-refractivity contribution < 1.29 is 27.5 Å². The number of amides is 2. The average Bonchev–Trinajstić information content (AvgIpc) is 2.71. The Bertz CT molecular complexity index is 410. The number of thioether (sulfide) groups is 1. The first-order valence-electron chi connectivity index (χ1n) is 6.30. The van der Waals surface area contributed by atoms with E-state index in [-0.39, 0.29) is 11.6 Å². The van der Waals surface area contributed by atoms with Gasteiger partial charge in [-0.3, -0.25) is 9.69 Å². The molecule has 0 aromatic heterocycles. The molecule has 0 bridgehead atoms. The van der Waals surface area contributed by atoms with Crippen molar-refractivity contribution in [2.45, 2.75) is 38.6 Å². The van der Waals surface area contributed by atoms with Crippen molar-refractivity contribution in [3.05, 3.63) is 0 Å². The zero-order valence-electron chi connectivity index (χ0n) is 12.4. The quantitative estimate of drug-likeness (QED) is 0.781. The molecule has 0 radical (unpaired) electrons. The third-order valence-corrected chi connectivity index (χ3v) is 3.60. The van der Waals surface area contributed by atoms with Gasteiger partial charge in [0.25, 0.3) is 0 Å². The van der Waals surface area contributed by atoms with Crippen LogP contribution < -0.4 is 0 Å². The van der Waals surface area contributed by atoms with Crippen LogP contribution >= 0.6 is 11.8 Å². The molecular formula is C12H19F3N2O3S. The smallest absolute Gasteiger partial charge is 0.411 e. The van der Waals surface area contributed by atoms with E-state index in [1.165, 1.54) is 16.7 Å². The monoisotopic (exact) mass is 328 g/mol. The lowest BCUT2D eigenvalue weighted by Gasteiger charge is -2.29. The fourth-order valence-corrected chi connectivity index (χ4v) is 2.88. The van der Waals surface area contributed by atoms with Gasteiger partial charge in [0.2, 0.25) is 5.91 Å². The normalized spacial score (nSPS) is 19.6. The van der Waals surface area contributed by atoms with E-state index in [2.05, 4.69) is 0 Å². The highest BCUT2D eigenvalue weighted by molar-refractivity contribution is 7.99. The van der Waals surface area contributed by atoms with Crippen molar-refractivity contribution in [2.24, 2.45) is 0 Å². The third-order valence-electron chi connectivity index (χ3n) is 2.59. The van der Waals surface area contributed by atoms with Crippen LogP contribution in [-0.4, -0.2) is 64.8 Å². The molecule has 0 aromatic rings. The van der Waals surface area contributed by atoms with Gasteiger partial charge in [0.15, 0.2) is 0 Å². The van der Waals surface area contributed by atoms with Gasteiger partial charge < -0.3 is 9.64 Å². The van der Waals surface area contributed by atoms with E-state index in [9.17, 15) is 22.8 Å². The Kier molecular flexibility index (Phi) is 5.40. The molecule has 0 aliphatic carbocycles. The van der Waals surface area contributed by atoms with Crippen LogP contribution in [0.4, 0.5) is 18.0 Å². The molecular weight excluding hydrogens is 309 g/mol. The molecule has 5 nitrogen and oxygen atoms in total. The lowest BCUT2D eigenvalue weighted by Crippen LogP contribution is -2.50. The number of ether oxygens (including phenoxy) is 1. The predicted molar refractivity (Wildman–Crippen MR) is 72.9 cm³/mol. The Labute approximate surface area is 125 Å². The largest absolute Gasteiger partial charge is 0.444 e. The van der Waals surface area contributed by atoms with Crippen LogP contribution in [0.3, 0.4) is 0 Å². The molecule has 1 rings (SSSR count). The second-order valence-corrected chi connectivity index (χ2v) is 6.78. The summed E-state index contributed by atoms with van der Waals surface area (Å²) in [7, 11) is 1.08. The summed E-state index contributed by atoms with van der Waals surface area (Å²) < 4.78 is 42.1. The second kappa shape index (κ2) is 6.33. The van der Waals surface area contributed by atoms with Crippen molar-refractivity contribution >= 4 is 23.8 Å². The number of carbonyl (C=O) groups excluding carboxylic acids is 2. The molecule has 0 saturated carbocycles. The number of alkyl halides is 3. The summed E-state index contributed by atoms with van der Waals surface area (Å²) in [6.07, 6.45) is -5.15. The highest BCUT2D eigenvalue weighted by Gasteiger charge is 2.40. The molecule has 2 amide bonds. The Hall–Kier alpha value is -1.12. The van der Waals surface area contributed by atoms with Crippen LogP contribution in [-0.2, 0) is 9.53 Å². The minimum Gasteiger partial charge on any atom is -0.444 e. The highest BCUT2D eigenvalue weighted by atomic mass is 32.2.